The highest BCUT2D eigenvalue weighted by Gasteiger charge is 2.09. The fourth-order valence-electron chi connectivity index (χ4n) is 1.67. The molecule has 0 aromatic heterocycles. The maximum atomic E-state index is 12.6. The molecule has 0 amide bonds. The zero-order chi connectivity index (χ0) is 12.0. The van der Waals surface area contributed by atoms with Gasteiger partial charge >= 0.3 is 0 Å². The number of halogens is 1. The van der Waals surface area contributed by atoms with E-state index in [1.54, 1.807) is 12.1 Å². The van der Waals surface area contributed by atoms with Gasteiger partial charge < -0.3 is 5.73 Å². The summed E-state index contributed by atoms with van der Waals surface area (Å²) >= 11 is 0. The molecule has 0 fully saturated rings. The number of ketones is 1. The van der Waals surface area contributed by atoms with Crippen molar-refractivity contribution in [2.24, 2.45) is 5.73 Å². The number of hydrogen-bond donors (Lipinski definition) is 1. The van der Waals surface area contributed by atoms with E-state index in [4.69, 9.17) is 5.73 Å². The molecule has 0 spiro atoms. The van der Waals surface area contributed by atoms with Gasteiger partial charge in [-0.25, -0.2) is 4.39 Å². The average Bonchev–Trinajstić information content (AvgIpc) is 2.21. The Morgan fingerprint density at radius 3 is 2.56 bits per heavy atom. The Morgan fingerprint density at radius 1 is 1.38 bits per heavy atom. The molecule has 0 aliphatic rings. The molecular weight excluding hydrogens is 205 g/mol. The molecule has 1 aromatic carbocycles. The Kier molecular flexibility index (Phi) is 5.12. The summed E-state index contributed by atoms with van der Waals surface area (Å²) in [4.78, 5) is 11.6. The normalized spacial score (nSPS) is 12.4. The molecule has 0 aliphatic carbocycles. The van der Waals surface area contributed by atoms with E-state index in [0.29, 0.717) is 12.8 Å². The topological polar surface area (TPSA) is 43.1 Å². The molecule has 2 N–H and O–H groups in total. The fourth-order valence-corrected chi connectivity index (χ4v) is 1.67. The number of rotatable bonds is 6. The molecule has 2 nitrogen and oxygen atoms in total. The van der Waals surface area contributed by atoms with Crippen molar-refractivity contribution in [3.05, 3.63) is 35.6 Å². The van der Waals surface area contributed by atoms with Gasteiger partial charge in [-0.2, -0.15) is 0 Å². The minimum absolute atomic E-state index is 0.0436. The maximum absolute atomic E-state index is 12.6. The van der Waals surface area contributed by atoms with Crippen LogP contribution in [-0.2, 0) is 11.2 Å². The van der Waals surface area contributed by atoms with Gasteiger partial charge in [-0.1, -0.05) is 25.5 Å². The van der Waals surface area contributed by atoms with Crippen LogP contribution < -0.4 is 5.73 Å². The zero-order valence-corrected chi connectivity index (χ0v) is 9.58. The lowest BCUT2D eigenvalue weighted by atomic mass is 10.0. The maximum Gasteiger partial charge on any atom is 0.138 e. The number of Topliss-reactive ketones (excluding diaryl/α,β-unsaturated/α-hetero) is 1. The second-order valence-electron chi connectivity index (χ2n) is 4.09. The number of carbonyl (C=O) groups excluding carboxylic acids is 1. The summed E-state index contributed by atoms with van der Waals surface area (Å²) in [5.41, 5.74) is 6.62. The van der Waals surface area contributed by atoms with Gasteiger partial charge in [0.1, 0.15) is 11.6 Å². The second kappa shape index (κ2) is 6.38. The smallest absolute Gasteiger partial charge is 0.138 e. The molecule has 88 valence electrons. The lowest BCUT2D eigenvalue weighted by molar-refractivity contribution is -0.118. The fraction of sp³-hybridized carbons (Fsp3) is 0.462. The summed E-state index contributed by atoms with van der Waals surface area (Å²) in [6.07, 6.45) is 2.61. The van der Waals surface area contributed by atoms with E-state index >= 15 is 0 Å². The van der Waals surface area contributed by atoms with E-state index in [1.807, 2.05) is 6.92 Å². The van der Waals surface area contributed by atoms with E-state index in [1.165, 1.54) is 12.1 Å². The van der Waals surface area contributed by atoms with Crippen LogP contribution in [0.3, 0.4) is 0 Å². The van der Waals surface area contributed by atoms with E-state index in [9.17, 15) is 9.18 Å². The number of benzene rings is 1. The molecule has 1 aromatic rings. The number of nitrogens with two attached hydrogens (primary N) is 1. The second-order valence-corrected chi connectivity index (χ2v) is 4.09. The van der Waals surface area contributed by atoms with Crippen LogP contribution >= 0.6 is 0 Å². The van der Waals surface area contributed by atoms with Crippen LogP contribution in [0.4, 0.5) is 4.39 Å². The summed E-state index contributed by atoms with van der Waals surface area (Å²) in [6.45, 7) is 2.05. The largest absolute Gasteiger partial charge is 0.327 e. The molecule has 0 radical (unpaired) electrons. The first kappa shape index (κ1) is 12.8. The molecule has 16 heavy (non-hydrogen) atoms. The summed E-state index contributed by atoms with van der Waals surface area (Å²) in [6, 6.07) is 5.97. The summed E-state index contributed by atoms with van der Waals surface area (Å²) in [5.74, 6) is -0.161. The molecule has 1 unspecified atom stereocenters. The zero-order valence-electron chi connectivity index (χ0n) is 9.58. The van der Waals surface area contributed by atoms with Crippen LogP contribution in [-0.4, -0.2) is 11.8 Å². The van der Waals surface area contributed by atoms with Gasteiger partial charge in [-0.3, -0.25) is 4.79 Å². The highest BCUT2D eigenvalue weighted by molar-refractivity contribution is 5.81. The van der Waals surface area contributed by atoms with Crippen molar-refractivity contribution >= 4 is 5.78 Å². The molecule has 0 aliphatic heterocycles. The third-order valence-corrected chi connectivity index (χ3v) is 2.46. The van der Waals surface area contributed by atoms with Crippen LogP contribution in [0.15, 0.2) is 24.3 Å². The van der Waals surface area contributed by atoms with Crippen molar-refractivity contribution in [1.82, 2.24) is 0 Å². The first-order valence-electron chi connectivity index (χ1n) is 5.63. The molecule has 0 saturated carbocycles. The highest BCUT2D eigenvalue weighted by Crippen LogP contribution is 2.07. The standard InChI is InChI=1S/C13H18FNO/c1-2-3-12(15)9-13(16)8-10-4-6-11(14)7-5-10/h4-7,12H,2-3,8-9,15H2,1H3. The molecule has 0 bridgehead atoms. The summed E-state index contributed by atoms with van der Waals surface area (Å²) in [5, 5.41) is 0. The van der Waals surface area contributed by atoms with Gasteiger partial charge in [-0.05, 0) is 24.1 Å². The van der Waals surface area contributed by atoms with Gasteiger partial charge in [0, 0.05) is 18.9 Å². The molecule has 3 heteroatoms. The Bertz CT molecular complexity index is 334. The summed E-state index contributed by atoms with van der Waals surface area (Å²) in [7, 11) is 0. The minimum Gasteiger partial charge on any atom is -0.327 e. The molecule has 0 heterocycles. The van der Waals surface area contributed by atoms with Crippen LogP contribution in [0.2, 0.25) is 0 Å². The van der Waals surface area contributed by atoms with Crippen molar-refractivity contribution in [2.75, 3.05) is 0 Å². The lowest BCUT2D eigenvalue weighted by Crippen LogP contribution is -2.24. The minimum atomic E-state index is -0.279. The Labute approximate surface area is 95.7 Å². The third-order valence-electron chi connectivity index (χ3n) is 2.46. The van der Waals surface area contributed by atoms with E-state index in [0.717, 1.165) is 18.4 Å². The molecule has 1 rings (SSSR count). The molecule has 1 atom stereocenters. The van der Waals surface area contributed by atoms with Gasteiger partial charge in [0.25, 0.3) is 0 Å². The van der Waals surface area contributed by atoms with E-state index in [-0.39, 0.29) is 17.6 Å². The Morgan fingerprint density at radius 2 is 2.00 bits per heavy atom. The predicted molar refractivity (Wildman–Crippen MR) is 62.6 cm³/mol. The highest BCUT2D eigenvalue weighted by atomic mass is 19.1. The van der Waals surface area contributed by atoms with Crippen molar-refractivity contribution < 1.29 is 9.18 Å². The van der Waals surface area contributed by atoms with Crippen molar-refractivity contribution in [2.45, 2.75) is 38.6 Å². The van der Waals surface area contributed by atoms with Gasteiger partial charge in [0.2, 0.25) is 0 Å². The van der Waals surface area contributed by atoms with Gasteiger partial charge in [0.15, 0.2) is 0 Å². The Hall–Kier alpha value is -1.22. The van der Waals surface area contributed by atoms with Crippen LogP contribution in [0.1, 0.15) is 31.7 Å². The monoisotopic (exact) mass is 223 g/mol. The first-order chi connectivity index (χ1) is 7.61. The predicted octanol–water partition coefficient (Wildman–Crippen LogP) is 2.45. The van der Waals surface area contributed by atoms with Crippen LogP contribution in [0.5, 0.6) is 0 Å². The first-order valence-corrected chi connectivity index (χ1v) is 5.63. The SMILES string of the molecule is CCCC(N)CC(=O)Cc1ccc(F)cc1. The van der Waals surface area contributed by atoms with Gasteiger partial charge in [-0.15, -0.1) is 0 Å². The van der Waals surface area contributed by atoms with Crippen LogP contribution in [0.25, 0.3) is 0 Å². The lowest BCUT2D eigenvalue weighted by Gasteiger charge is -2.08. The van der Waals surface area contributed by atoms with Crippen molar-refractivity contribution in [3.8, 4) is 0 Å². The van der Waals surface area contributed by atoms with Gasteiger partial charge in [0.05, 0.1) is 0 Å². The van der Waals surface area contributed by atoms with E-state index in [2.05, 4.69) is 0 Å². The Balaban J connectivity index is 2.42. The summed E-state index contributed by atoms with van der Waals surface area (Å²) < 4.78 is 12.6. The van der Waals surface area contributed by atoms with E-state index < -0.39 is 0 Å². The molecule has 0 saturated heterocycles. The third kappa shape index (κ3) is 4.53. The number of carbonyl (C=O) groups is 1. The van der Waals surface area contributed by atoms with Crippen molar-refractivity contribution in [1.29, 1.82) is 0 Å². The van der Waals surface area contributed by atoms with Crippen LogP contribution in [0, 0.1) is 5.82 Å². The number of hydrogen-bond acceptors (Lipinski definition) is 2. The van der Waals surface area contributed by atoms with Crippen molar-refractivity contribution in [3.63, 3.8) is 0 Å². The average molecular weight is 223 g/mol. The quantitative estimate of drug-likeness (QED) is 0.805. The molecular formula is C13H18FNO.